The van der Waals surface area contributed by atoms with Crippen molar-refractivity contribution in [3.63, 3.8) is 0 Å². The molecule has 1 aliphatic heterocycles. The van der Waals surface area contributed by atoms with Gasteiger partial charge in [0.2, 0.25) is 0 Å². The molecule has 32 heavy (non-hydrogen) atoms. The summed E-state index contributed by atoms with van der Waals surface area (Å²) < 4.78 is 0. The lowest BCUT2D eigenvalue weighted by molar-refractivity contribution is 0.633. The highest BCUT2D eigenvalue weighted by molar-refractivity contribution is 5.65. The van der Waals surface area contributed by atoms with E-state index in [-0.39, 0.29) is 6.17 Å². The Morgan fingerprint density at radius 2 is 1.09 bits per heavy atom. The molecule has 1 fully saturated rings. The third kappa shape index (κ3) is 4.00. The van der Waals surface area contributed by atoms with Crippen molar-refractivity contribution >= 4 is 22.7 Å². The molecule has 0 aromatic heterocycles. The number of nitrogens with zero attached hydrogens (tertiary/aromatic N) is 3. The Morgan fingerprint density at radius 3 is 1.66 bits per heavy atom. The van der Waals surface area contributed by atoms with Gasteiger partial charge in [-0.3, -0.25) is 20.5 Å². The van der Waals surface area contributed by atoms with Gasteiger partial charge in [-0.1, -0.05) is 72.8 Å². The molecule has 0 amide bonds. The van der Waals surface area contributed by atoms with Gasteiger partial charge in [-0.2, -0.15) is 0 Å². The van der Waals surface area contributed by atoms with E-state index in [1.165, 1.54) is 11.4 Å². The van der Waals surface area contributed by atoms with E-state index >= 15 is 0 Å². The number of rotatable bonds is 6. The number of nitrogens with one attached hydrogen (secondary N) is 1. The fraction of sp³-hybridized carbons (Fsp3) is 0.143. The summed E-state index contributed by atoms with van der Waals surface area (Å²) in [5.41, 5.74) is 8.25. The van der Waals surface area contributed by atoms with Crippen molar-refractivity contribution in [2.75, 3.05) is 20.5 Å². The van der Waals surface area contributed by atoms with Crippen LogP contribution in [0, 0.1) is 0 Å². The first kappa shape index (κ1) is 20.0. The monoisotopic (exact) mass is 420 g/mol. The molecule has 0 saturated carbocycles. The summed E-state index contributed by atoms with van der Waals surface area (Å²) in [7, 11) is 0. The molecule has 4 aromatic rings. The molecule has 0 spiro atoms. The van der Waals surface area contributed by atoms with Crippen LogP contribution in [0.1, 0.15) is 13.3 Å². The maximum Gasteiger partial charge on any atom is 0.142 e. The summed E-state index contributed by atoms with van der Waals surface area (Å²) in [6.45, 7) is 2.30. The van der Waals surface area contributed by atoms with Gasteiger partial charge in [0, 0.05) is 6.42 Å². The molecule has 4 heteroatoms. The first-order valence-corrected chi connectivity index (χ1v) is 11.2. The molecule has 4 nitrogen and oxygen atoms in total. The van der Waals surface area contributed by atoms with Crippen molar-refractivity contribution in [2.24, 2.45) is 0 Å². The minimum atomic E-state index is 0.0789. The van der Waals surface area contributed by atoms with Gasteiger partial charge in [-0.15, -0.1) is 0 Å². The first-order chi connectivity index (χ1) is 15.8. The second-order valence-corrected chi connectivity index (χ2v) is 8.11. The molecule has 0 aliphatic carbocycles. The predicted molar refractivity (Wildman–Crippen MR) is 135 cm³/mol. The van der Waals surface area contributed by atoms with Crippen molar-refractivity contribution in [3.05, 3.63) is 121 Å². The zero-order valence-electron chi connectivity index (χ0n) is 18.3. The third-order valence-electron chi connectivity index (χ3n) is 5.88. The standard InChI is InChI=1S/C28H28N4/c1-23-22-28(30(25-16-8-3-9-17-25)29-24-14-6-2-7-15-24)32(27-20-12-5-13-21-27)31(23)26-18-10-4-11-19-26/h2-21,23,28-29H,22H2,1H3/t23-,28+/m1/s1. The van der Waals surface area contributed by atoms with Gasteiger partial charge < -0.3 is 0 Å². The lowest BCUT2D eigenvalue weighted by atomic mass is 10.2. The molecule has 5 rings (SSSR count). The lowest BCUT2D eigenvalue weighted by Crippen LogP contribution is -2.53. The summed E-state index contributed by atoms with van der Waals surface area (Å²) >= 11 is 0. The molecule has 2 atom stereocenters. The Hall–Kier alpha value is -3.92. The predicted octanol–water partition coefficient (Wildman–Crippen LogP) is 6.57. The molecular formula is C28H28N4. The van der Waals surface area contributed by atoms with E-state index in [4.69, 9.17) is 0 Å². The Morgan fingerprint density at radius 1 is 0.625 bits per heavy atom. The zero-order chi connectivity index (χ0) is 21.8. The van der Waals surface area contributed by atoms with Crippen LogP contribution in [0.2, 0.25) is 0 Å². The minimum absolute atomic E-state index is 0.0789. The maximum absolute atomic E-state index is 3.69. The number of hydrazine groups is 2. The Kier molecular flexibility index (Phi) is 5.67. The fourth-order valence-corrected chi connectivity index (χ4v) is 4.46. The van der Waals surface area contributed by atoms with Crippen molar-refractivity contribution in [1.29, 1.82) is 0 Å². The van der Waals surface area contributed by atoms with Crippen molar-refractivity contribution in [2.45, 2.75) is 25.6 Å². The van der Waals surface area contributed by atoms with E-state index in [1.54, 1.807) is 0 Å². The second-order valence-electron chi connectivity index (χ2n) is 8.11. The van der Waals surface area contributed by atoms with Crippen LogP contribution in [-0.2, 0) is 0 Å². The normalized spacial score (nSPS) is 17.9. The van der Waals surface area contributed by atoms with Gasteiger partial charge in [0.1, 0.15) is 6.17 Å². The molecule has 160 valence electrons. The third-order valence-corrected chi connectivity index (χ3v) is 5.88. The van der Waals surface area contributed by atoms with Crippen LogP contribution in [0.3, 0.4) is 0 Å². The largest absolute Gasteiger partial charge is 0.296 e. The quantitative estimate of drug-likeness (QED) is 0.356. The topological polar surface area (TPSA) is 21.8 Å². The highest BCUT2D eigenvalue weighted by Gasteiger charge is 2.41. The molecule has 0 bridgehead atoms. The number of hydrogen-bond acceptors (Lipinski definition) is 4. The van der Waals surface area contributed by atoms with Gasteiger partial charge in [0.25, 0.3) is 0 Å². The number of benzene rings is 4. The van der Waals surface area contributed by atoms with Gasteiger partial charge in [0.15, 0.2) is 0 Å². The van der Waals surface area contributed by atoms with Crippen molar-refractivity contribution in [3.8, 4) is 0 Å². The van der Waals surface area contributed by atoms with Crippen LogP contribution in [0.15, 0.2) is 121 Å². The maximum atomic E-state index is 3.69. The first-order valence-electron chi connectivity index (χ1n) is 11.2. The van der Waals surface area contributed by atoms with Gasteiger partial charge >= 0.3 is 0 Å². The molecule has 1 aliphatic rings. The second kappa shape index (κ2) is 9.06. The number of hydrogen-bond donors (Lipinski definition) is 1. The van der Waals surface area contributed by atoms with Gasteiger partial charge in [0.05, 0.1) is 28.8 Å². The average molecular weight is 421 g/mol. The highest BCUT2D eigenvalue weighted by atomic mass is 15.8. The minimum Gasteiger partial charge on any atom is -0.296 e. The molecule has 1 N–H and O–H groups in total. The smallest absolute Gasteiger partial charge is 0.142 e. The zero-order valence-corrected chi connectivity index (χ0v) is 18.3. The summed E-state index contributed by atoms with van der Waals surface area (Å²) in [5.74, 6) is 0. The lowest BCUT2D eigenvalue weighted by Gasteiger charge is -2.42. The van der Waals surface area contributed by atoms with Crippen LogP contribution in [0.4, 0.5) is 22.7 Å². The Balaban J connectivity index is 1.60. The summed E-state index contributed by atoms with van der Waals surface area (Å²) in [6.07, 6.45) is 1.05. The van der Waals surface area contributed by atoms with Crippen LogP contribution < -0.4 is 20.5 Å². The van der Waals surface area contributed by atoms with E-state index in [0.717, 1.165) is 17.8 Å². The summed E-state index contributed by atoms with van der Waals surface area (Å²) in [6, 6.07) is 42.6. The number of para-hydroxylation sites is 4. The van der Waals surface area contributed by atoms with E-state index in [9.17, 15) is 0 Å². The fourth-order valence-electron chi connectivity index (χ4n) is 4.46. The van der Waals surface area contributed by atoms with Crippen LogP contribution in [0.25, 0.3) is 0 Å². The van der Waals surface area contributed by atoms with Gasteiger partial charge in [-0.25, -0.2) is 0 Å². The molecule has 1 saturated heterocycles. The molecule has 0 unspecified atom stereocenters. The van der Waals surface area contributed by atoms with E-state index in [2.05, 4.69) is 143 Å². The van der Waals surface area contributed by atoms with Crippen molar-refractivity contribution in [1.82, 2.24) is 0 Å². The van der Waals surface area contributed by atoms with E-state index in [1.807, 2.05) is 6.07 Å². The molecule has 1 heterocycles. The highest BCUT2D eigenvalue weighted by Crippen LogP contribution is 2.37. The van der Waals surface area contributed by atoms with Crippen LogP contribution in [0.5, 0.6) is 0 Å². The molecule has 4 aromatic carbocycles. The summed E-state index contributed by atoms with van der Waals surface area (Å²) in [5, 5.41) is 7.13. The molecule has 0 radical (unpaired) electrons. The summed E-state index contributed by atoms with van der Waals surface area (Å²) in [4.78, 5) is 0. The van der Waals surface area contributed by atoms with E-state index in [0.29, 0.717) is 6.04 Å². The van der Waals surface area contributed by atoms with Crippen molar-refractivity contribution < 1.29 is 0 Å². The van der Waals surface area contributed by atoms with E-state index < -0.39 is 0 Å². The number of anilines is 4. The molecular weight excluding hydrogens is 392 g/mol. The Bertz CT molecular complexity index is 1100. The SMILES string of the molecule is C[C@@H]1C[C@@H](N(Nc2ccccc2)c2ccccc2)N(c2ccccc2)N1c1ccccc1. The average Bonchev–Trinajstić information content (AvgIpc) is 3.21. The van der Waals surface area contributed by atoms with Crippen LogP contribution in [-0.4, -0.2) is 12.2 Å². The van der Waals surface area contributed by atoms with Crippen LogP contribution >= 0.6 is 0 Å². The van der Waals surface area contributed by atoms with Gasteiger partial charge in [-0.05, 0) is 55.5 Å². The Labute approximate surface area is 190 Å².